The Labute approximate surface area is 166 Å². The molecule has 8 nitrogen and oxygen atoms in total. The third-order valence-corrected chi connectivity index (χ3v) is 4.78. The van der Waals surface area contributed by atoms with Gasteiger partial charge in [0.05, 0.1) is 26.5 Å². The minimum atomic E-state index is -0.705. The van der Waals surface area contributed by atoms with Gasteiger partial charge in [0.25, 0.3) is 5.91 Å². The Balaban J connectivity index is 1.84. The highest BCUT2D eigenvalue weighted by atomic mass is 19.1. The number of halogens is 1. The first-order valence-corrected chi connectivity index (χ1v) is 8.98. The molecule has 0 unspecified atom stereocenters. The standard InChI is InChI=1S/C20H18FN5O3/c1-4-14-11-8-15(28-2)16(29-3)9-12(11)20(27)26(14)19-13(21)10-24-18(25-19)17-22-6-5-7-23-17/h5-10,14H,4H2,1-3H3/t14-/m0/s1. The van der Waals surface area contributed by atoms with Crippen LogP contribution < -0.4 is 14.4 Å². The van der Waals surface area contributed by atoms with Crippen molar-refractivity contribution in [2.75, 3.05) is 19.1 Å². The number of hydrogen-bond donors (Lipinski definition) is 0. The minimum absolute atomic E-state index is 0.117. The summed E-state index contributed by atoms with van der Waals surface area (Å²) >= 11 is 0. The van der Waals surface area contributed by atoms with Crippen molar-refractivity contribution in [1.82, 2.24) is 19.9 Å². The highest BCUT2D eigenvalue weighted by molar-refractivity contribution is 6.11. The largest absolute Gasteiger partial charge is 0.493 e. The maximum absolute atomic E-state index is 14.7. The molecule has 0 fully saturated rings. The van der Waals surface area contributed by atoms with Crippen LogP contribution in [0.4, 0.5) is 10.2 Å². The zero-order valence-corrected chi connectivity index (χ0v) is 16.1. The monoisotopic (exact) mass is 395 g/mol. The van der Waals surface area contributed by atoms with E-state index in [0.717, 1.165) is 11.8 Å². The lowest BCUT2D eigenvalue weighted by Gasteiger charge is -2.24. The van der Waals surface area contributed by atoms with Crippen molar-refractivity contribution < 1.29 is 18.7 Å². The van der Waals surface area contributed by atoms with Crippen molar-refractivity contribution in [2.45, 2.75) is 19.4 Å². The van der Waals surface area contributed by atoms with E-state index in [1.54, 1.807) is 30.6 Å². The van der Waals surface area contributed by atoms with Crippen LogP contribution >= 0.6 is 0 Å². The molecule has 0 saturated carbocycles. The third-order valence-electron chi connectivity index (χ3n) is 4.78. The second-order valence-electron chi connectivity index (χ2n) is 6.33. The molecule has 0 N–H and O–H groups in total. The average Bonchev–Trinajstić information content (AvgIpc) is 3.04. The predicted molar refractivity (Wildman–Crippen MR) is 102 cm³/mol. The van der Waals surface area contributed by atoms with Gasteiger partial charge in [-0.3, -0.25) is 9.69 Å². The molecule has 29 heavy (non-hydrogen) atoms. The number of carbonyl (C=O) groups is 1. The van der Waals surface area contributed by atoms with Crippen molar-refractivity contribution >= 4 is 11.7 Å². The summed E-state index contributed by atoms with van der Waals surface area (Å²) < 4.78 is 25.4. The summed E-state index contributed by atoms with van der Waals surface area (Å²) in [6.45, 7) is 1.91. The molecular weight excluding hydrogens is 377 g/mol. The summed E-state index contributed by atoms with van der Waals surface area (Å²) in [5, 5.41) is 0. The van der Waals surface area contributed by atoms with Gasteiger partial charge in [0.15, 0.2) is 34.8 Å². The first-order chi connectivity index (χ1) is 14.1. The van der Waals surface area contributed by atoms with Crippen LogP contribution in [0.1, 0.15) is 35.3 Å². The van der Waals surface area contributed by atoms with Crippen LogP contribution in [0, 0.1) is 5.82 Å². The zero-order valence-electron chi connectivity index (χ0n) is 16.1. The van der Waals surface area contributed by atoms with Gasteiger partial charge >= 0.3 is 0 Å². The molecule has 1 aliphatic rings. The van der Waals surface area contributed by atoms with E-state index in [4.69, 9.17) is 9.47 Å². The molecule has 0 radical (unpaired) electrons. The Morgan fingerprint density at radius 2 is 1.76 bits per heavy atom. The molecule has 4 rings (SSSR count). The van der Waals surface area contributed by atoms with Crippen LogP contribution in [-0.2, 0) is 0 Å². The molecule has 0 spiro atoms. The Morgan fingerprint density at radius 3 is 2.41 bits per heavy atom. The number of nitrogens with zero attached hydrogens (tertiary/aromatic N) is 5. The lowest BCUT2D eigenvalue weighted by Crippen LogP contribution is -2.29. The fourth-order valence-electron chi connectivity index (χ4n) is 3.46. The number of rotatable bonds is 5. The van der Waals surface area contributed by atoms with Crippen molar-refractivity contribution in [2.24, 2.45) is 0 Å². The lowest BCUT2D eigenvalue weighted by atomic mass is 10.0. The second kappa shape index (κ2) is 7.42. The second-order valence-corrected chi connectivity index (χ2v) is 6.33. The number of hydrogen-bond acceptors (Lipinski definition) is 7. The van der Waals surface area contributed by atoms with Gasteiger partial charge in [-0.2, -0.15) is 0 Å². The van der Waals surface area contributed by atoms with Gasteiger partial charge in [-0.25, -0.2) is 24.3 Å². The summed E-state index contributed by atoms with van der Waals surface area (Å²) in [6, 6.07) is 4.61. The SMILES string of the molecule is CC[C@H]1c2cc(OC)c(OC)cc2C(=O)N1c1nc(-c2ncccn2)ncc1F. The van der Waals surface area contributed by atoms with Gasteiger partial charge in [0, 0.05) is 18.0 Å². The molecule has 3 aromatic rings. The Morgan fingerprint density at radius 1 is 1.07 bits per heavy atom. The van der Waals surface area contributed by atoms with E-state index < -0.39 is 11.9 Å². The van der Waals surface area contributed by atoms with Crippen molar-refractivity contribution in [3.05, 3.63) is 53.7 Å². The van der Waals surface area contributed by atoms with E-state index in [2.05, 4.69) is 19.9 Å². The van der Waals surface area contributed by atoms with Crippen LogP contribution in [0.3, 0.4) is 0 Å². The van der Waals surface area contributed by atoms with Gasteiger partial charge in [0.2, 0.25) is 0 Å². The minimum Gasteiger partial charge on any atom is -0.493 e. The Bertz CT molecular complexity index is 1080. The van der Waals surface area contributed by atoms with Gasteiger partial charge in [-0.05, 0) is 30.2 Å². The fourth-order valence-corrected chi connectivity index (χ4v) is 3.46. The molecule has 9 heteroatoms. The van der Waals surface area contributed by atoms with Crippen molar-refractivity contribution in [1.29, 1.82) is 0 Å². The molecule has 1 atom stereocenters. The van der Waals surface area contributed by atoms with E-state index in [1.165, 1.54) is 19.1 Å². The zero-order chi connectivity index (χ0) is 20.5. The quantitative estimate of drug-likeness (QED) is 0.655. The smallest absolute Gasteiger partial charge is 0.260 e. The molecular formula is C20H18FN5O3. The van der Waals surface area contributed by atoms with Crippen LogP contribution in [0.15, 0.2) is 36.8 Å². The number of aromatic nitrogens is 4. The summed E-state index contributed by atoms with van der Waals surface area (Å²) in [6.07, 6.45) is 4.66. The number of fused-ring (bicyclic) bond motifs is 1. The Kier molecular flexibility index (Phi) is 4.79. The summed E-state index contributed by atoms with van der Waals surface area (Å²) in [7, 11) is 3.02. The lowest BCUT2D eigenvalue weighted by molar-refractivity contribution is 0.0988. The first-order valence-electron chi connectivity index (χ1n) is 8.98. The summed E-state index contributed by atoms with van der Waals surface area (Å²) in [5.74, 6) is 0.116. The van der Waals surface area contributed by atoms with Crippen LogP contribution in [-0.4, -0.2) is 40.1 Å². The summed E-state index contributed by atoms with van der Waals surface area (Å²) in [4.78, 5) is 31.0. The molecule has 0 bridgehead atoms. The Hall–Kier alpha value is -3.62. The number of carbonyl (C=O) groups excluding carboxylic acids is 1. The van der Waals surface area contributed by atoms with E-state index >= 15 is 0 Å². The number of methoxy groups -OCH3 is 2. The van der Waals surface area contributed by atoms with E-state index in [9.17, 15) is 9.18 Å². The number of anilines is 1. The number of ether oxygens (including phenoxy) is 2. The highest BCUT2D eigenvalue weighted by Crippen LogP contribution is 2.44. The predicted octanol–water partition coefficient (Wildman–Crippen LogP) is 3.20. The molecule has 1 aromatic carbocycles. The highest BCUT2D eigenvalue weighted by Gasteiger charge is 2.40. The van der Waals surface area contributed by atoms with Crippen LogP contribution in [0.2, 0.25) is 0 Å². The van der Waals surface area contributed by atoms with E-state index in [0.29, 0.717) is 23.5 Å². The molecule has 3 heterocycles. The third kappa shape index (κ3) is 3.04. The molecule has 0 aliphatic carbocycles. The molecule has 1 aliphatic heterocycles. The fraction of sp³-hybridized carbons (Fsp3) is 0.250. The number of amides is 1. The summed E-state index contributed by atoms with van der Waals surface area (Å²) in [5.41, 5.74) is 1.15. The first kappa shape index (κ1) is 18.7. The van der Waals surface area contributed by atoms with Gasteiger partial charge in [-0.15, -0.1) is 0 Å². The van der Waals surface area contributed by atoms with Crippen molar-refractivity contribution in [3.63, 3.8) is 0 Å². The molecule has 1 amide bonds. The molecule has 148 valence electrons. The van der Waals surface area contributed by atoms with Gasteiger partial charge < -0.3 is 9.47 Å². The topological polar surface area (TPSA) is 90.3 Å². The molecule has 0 saturated heterocycles. The maximum atomic E-state index is 14.7. The van der Waals surface area contributed by atoms with Gasteiger partial charge in [-0.1, -0.05) is 6.92 Å². The molecule has 2 aromatic heterocycles. The van der Waals surface area contributed by atoms with Crippen molar-refractivity contribution in [3.8, 4) is 23.1 Å². The maximum Gasteiger partial charge on any atom is 0.260 e. The average molecular weight is 395 g/mol. The van der Waals surface area contributed by atoms with Gasteiger partial charge in [0.1, 0.15) is 0 Å². The normalized spacial score (nSPS) is 15.4. The number of benzene rings is 1. The van der Waals surface area contributed by atoms with E-state index in [-0.39, 0.29) is 23.4 Å². The van der Waals surface area contributed by atoms with E-state index in [1.807, 2.05) is 6.92 Å². The van der Waals surface area contributed by atoms with Crippen LogP contribution in [0.5, 0.6) is 11.5 Å². The van der Waals surface area contributed by atoms with Crippen LogP contribution in [0.25, 0.3) is 11.6 Å².